The smallest absolute Gasteiger partial charge is 0.224 e. The lowest BCUT2D eigenvalue weighted by molar-refractivity contribution is -0.116. The molecule has 0 aromatic heterocycles. The van der Waals surface area contributed by atoms with Crippen LogP contribution in [0, 0.1) is 0 Å². The van der Waals surface area contributed by atoms with Gasteiger partial charge in [-0.15, -0.1) is 12.4 Å². The van der Waals surface area contributed by atoms with Gasteiger partial charge in [0.15, 0.2) is 0 Å². The topological polar surface area (TPSA) is 59.6 Å². The minimum Gasteiger partial charge on any atom is -0.457 e. The van der Waals surface area contributed by atoms with Gasteiger partial charge < -0.3 is 20.1 Å². The lowest BCUT2D eigenvalue weighted by Crippen LogP contribution is -2.15. The fourth-order valence-corrected chi connectivity index (χ4v) is 2.34. The third kappa shape index (κ3) is 7.87. The fraction of sp³-hybridized carbons (Fsp3) is 0.350. The number of benzene rings is 2. The van der Waals surface area contributed by atoms with Gasteiger partial charge in [0.05, 0.1) is 6.61 Å². The highest BCUT2D eigenvalue weighted by molar-refractivity contribution is 5.90. The molecule has 26 heavy (non-hydrogen) atoms. The quantitative estimate of drug-likeness (QED) is 0.613. The van der Waals surface area contributed by atoms with Crippen molar-refractivity contribution in [1.29, 1.82) is 0 Å². The maximum absolute atomic E-state index is 11.8. The van der Waals surface area contributed by atoms with Crippen molar-refractivity contribution in [3.63, 3.8) is 0 Å². The molecule has 142 valence electrons. The van der Waals surface area contributed by atoms with Gasteiger partial charge in [0.1, 0.15) is 11.5 Å². The van der Waals surface area contributed by atoms with Crippen molar-refractivity contribution in [2.45, 2.75) is 19.3 Å². The average Bonchev–Trinajstić information content (AvgIpc) is 2.63. The summed E-state index contributed by atoms with van der Waals surface area (Å²) in [4.78, 5) is 11.8. The fourth-order valence-electron chi connectivity index (χ4n) is 2.34. The summed E-state index contributed by atoms with van der Waals surface area (Å²) in [7, 11) is 3.58. The second kappa shape index (κ2) is 12.3. The van der Waals surface area contributed by atoms with E-state index in [1.54, 1.807) is 7.11 Å². The van der Waals surface area contributed by atoms with Crippen LogP contribution in [-0.4, -0.2) is 33.2 Å². The number of hydrogen-bond donors (Lipinski definition) is 2. The molecule has 0 unspecified atom stereocenters. The Morgan fingerprint density at radius 2 is 1.62 bits per heavy atom. The number of carbonyl (C=O) groups excluding carboxylic acids is 1. The lowest BCUT2D eigenvalue weighted by atomic mass is 10.1. The molecule has 0 bridgehead atoms. The Kier molecular flexibility index (Phi) is 10.4. The Morgan fingerprint density at radius 3 is 2.19 bits per heavy atom. The molecule has 0 heterocycles. The predicted octanol–water partition coefficient (Wildman–Crippen LogP) is 4.03. The summed E-state index contributed by atoms with van der Waals surface area (Å²) in [6.45, 7) is 1.55. The summed E-state index contributed by atoms with van der Waals surface area (Å²) in [6, 6.07) is 15.4. The van der Waals surface area contributed by atoms with E-state index in [-0.39, 0.29) is 18.3 Å². The first-order valence-electron chi connectivity index (χ1n) is 8.51. The number of ether oxygens (including phenoxy) is 2. The predicted molar refractivity (Wildman–Crippen MR) is 108 cm³/mol. The highest BCUT2D eigenvalue weighted by atomic mass is 35.5. The highest BCUT2D eigenvalue weighted by Crippen LogP contribution is 2.23. The van der Waals surface area contributed by atoms with Crippen molar-refractivity contribution in [3.8, 4) is 11.5 Å². The molecule has 5 nitrogen and oxygen atoms in total. The standard InChI is InChI=1S/C20H26N2O3.ClH/c1-21-14-3-4-20(23)22-17-7-11-19(12-8-17)25-18-9-5-16(6-10-18)13-15-24-2;/h5-12,21H,3-4,13-15H2,1-2H3,(H,22,23);1H. The second-order valence-corrected chi connectivity index (χ2v) is 5.77. The zero-order valence-corrected chi connectivity index (χ0v) is 16.1. The van der Waals surface area contributed by atoms with Gasteiger partial charge in [-0.3, -0.25) is 4.79 Å². The molecule has 0 aliphatic rings. The average molecular weight is 379 g/mol. The van der Waals surface area contributed by atoms with Crippen LogP contribution in [0.15, 0.2) is 48.5 Å². The van der Waals surface area contributed by atoms with Gasteiger partial charge in [0, 0.05) is 19.2 Å². The van der Waals surface area contributed by atoms with E-state index in [2.05, 4.69) is 10.6 Å². The first-order chi connectivity index (χ1) is 12.2. The van der Waals surface area contributed by atoms with Crippen LogP contribution in [-0.2, 0) is 16.0 Å². The van der Waals surface area contributed by atoms with Crippen LogP contribution >= 0.6 is 12.4 Å². The van der Waals surface area contributed by atoms with Crippen molar-refractivity contribution < 1.29 is 14.3 Å². The molecule has 0 spiro atoms. The Bertz CT molecular complexity index is 645. The van der Waals surface area contributed by atoms with E-state index in [4.69, 9.17) is 9.47 Å². The molecule has 2 N–H and O–H groups in total. The molecule has 2 rings (SSSR count). The zero-order valence-electron chi connectivity index (χ0n) is 15.3. The molecule has 0 fully saturated rings. The molecule has 0 saturated heterocycles. The van der Waals surface area contributed by atoms with Crippen LogP contribution in [0.1, 0.15) is 18.4 Å². The molecule has 0 saturated carbocycles. The molecule has 0 aliphatic heterocycles. The van der Waals surface area contributed by atoms with Gasteiger partial charge >= 0.3 is 0 Å². The molecule has 0 atom stereocenters. The van der Waals surface area contributed by atoms with Gasteiger partial charge in [-0.25, -0.2) is 0 Å². The Labute approximate surface area is 161 Å². The van der Waals surface area contributed by atoms with E-state index in [1.807, 2.05) is 55.6 Å². The minimum atomic E-state index is 0. The largest absolute Gasteiger partial charge is 0.457 e. The summed E-state index contributed by atoms with van der Waals surface area (Å²) in [6.07, 6.45) is 2.22. The number of anilines is 1. The number of methoxy groups -OCH3 is 1. The number of amides is 1. The van der Waals surface area contributed by atoms with Crippen LogP contribution in [0.5, 0.6) is 11.5 Å². The van der Waals surface area contributed by atoms with Crippen molar-refractivity contribution in [2.75, 3.05) is 32.6 Å². The van der Waals surface area contributed by atoms with E-state index >= 15 is 0 Å². The van der Waals surface area contributed by atoms with Gasteiger partial charge in [-0.1, -0.05) is 12.1 Å². The van der Waals surface area contributed by atoms with Crippen molar-refractivity contribution >= 4 is 24.0 Å². The monoisotopic (exact) mass is 378 g/mol. The van der Waals surface area contributed by atoms with E-state index in [0.29, 0.717) is 13.0 Å². The molecule has 1 amide bonds. The maximum atomic E-state index is 11.8. The third-order valence-electron chi connectivity index (χ3n) is 3.72. The van der Waals surface area contributed by atoms with Crippen LogP contribution < -0.4 is 15.4 Å². The summed E-state index contributed by atoms with van der Waals surface area (Å²) < 4.78 is 10.9. The molecule has 2 aromatic carbocycles. The SMILES string of the molecule is CNCCCC(=O)Nc1ccc(Oc2ccc(CCOC)cc2)cc1.Cl. The van der Waals surface area contributed by atoms with Crippen LogP contribution in [0.25, 0.3) is 0 Å². The van der Waals surface area contributed by atoms with Gasteiger partial charge in [-0.05, 0) is 68.4 Å². The van der Waals surface area contributed by atoms with Crippen molar-refractivity contribution in [2.24, 2.45) is 0 Å². The van der Waals surface area contributed by atoms with E-state index in [0.717, 1.165) is 36.6 Å². The summed E-state index contributed by atoms with van der Waals surface area (Å²) in [5.74, 6) is 1.54. The van der Waals surface area contributed by atoms with Crippen molar-refractivity contribution in [3.05, 3.63) is 54.1 Å². The first-order valence-corrected chi connectivity index (χ1v) is 8.51. The molecule has 0 radical (unpaired) electrons. The van der Waals surface area contributed by atoms with Gasteiger partial charge in [0.2, 0.25) is 5.91 Å². The highest BCUT2D eigenvalue weighted by Gasteiger charge is 2.03. The van der Waals surface area contributed by atoms with Crippen LogP contribution in [0.2, 0.25) is 0 Å². The Morgan fingerprint density at radius 1 is 1.00 bits per heavy atom. The molecular formula is C20H27ClN2O3. The number of hydrogen-bond acceptors (Lipinski definition) is 4. The molecule has 2 aromatic rings. The summed E-state index contributed by atoms with van der Waals surface area (Å²) in [5, 5.41) is 5.91. The van der Waals surface area contributed by atoms with E-state index < -0.39 is 0 Å². The van der Waals surface area contributed by atoms with Gasteiger partial charge in [-0.2, -0.15) is 0 Å². The lowest BCUT2D eigenvalue weighted by Gasteiger charge is -2.09. The number of rotatable bonds is 10. The van der Waals surface area contributed by atoms with E-state index in [9.17, 15) is 4.79 Å². The van der Waals surface area contributed by atoms with Crippen LogP contribution in [0.4, 0.5) is 5.69 Å². The summed E-state index contributed by atoms with van der Waals surface area (Å²) >= 11 is 0. The number of halogens is 1. The van der Waals surface area contributed by atoms with Gasteiger partial charge in [0.25, 0.3) is 0 Å². The Hall–Kier alpha value is -2.08. The molecule has 6 heteroatoms. The minimum absolute atomic E-state index is 0. The summed E-state index contributed by atoms with van der Waals surface area (Å²) in [5.41, 5.74) is 1.99. The first kappa shape index (κ1) is 22.0. The Balaban J connectivity index is 0.00000338. The number of carbonyl (C=O) groups is 1. The number of nitrogens with one attached hydrogen (secondary N) is 2. The zero-order chi connectivity index (χ0) is 17.9. The second-order valence-electron chi connectivity index (χ2n) is 5.77. The molecule has 0 aliphatic carbocycles. The maximum Gasteiger partial charge on any atom is 0.224 e. The normalized spacial score (nSPS) is 10.1. The van der Waals surface area contributed by atoms with Crippen molar-refractivity contribution in [1.82, 2.24) is 5.32 Å². The van der Waals surface area contributed by atoms with E-state index in [1.165, 1.54) is 5.56 Å². The van der Waals surface area contributed by atoms with Crippen LogP contribution in [0.3, 0.4) is 0 Å². The molecular weight excluding hydrogens is 352 g/mol. The third-order valence-corrected chi connectivity index (χ3v) is 3.72.